The molecule has 0 aliphatic carbocycles. The van der Waals surface area contributed by atoms with Gasteiger partial charge in [-0.25, -0.2) is 8.42 Å². The maximum absolute atomic E-state index is 12.7. The summed E-state index contributed by atoms with van der Waals surface area (Å²) < 4.78 is 27.0. The summed E-state index contributed by atoms with van der Waals surface area (Å²) in [4.78, 5) is 3.42. The van der Waals surface area contributed by atoms with Gasteiger partial charge in [-0.3, -0.25) is 4.31 Å². The number of hydrogen-bond acceptors (Lipinski definition) is 4. The zero-order valence-corrected chi connectivity index (χ0v) is 15.0. The van der Waals surface area contributed by atoms with Crippen LogP contribution < -0.4 is 10.0 Å². The molecule has 0 spiro atoms. The zero-order chi connectivity index (χ0) is 16.8. The molecule has 0 fully saturated rings. The molecule has 0 radical (unpaired) electrons. The first-order chi connectivity index (χ1) is 10.8. The number of benzene rings is 1. The summed E-state index contributed by atoms with van der Waals surface area (Å²) in [5, 5.41) is 2.64. The Bertz CT molecular complexity index is 989. The van der Waals surface area contributed by atoms with E-state index >= 15 is 0 Å². The van der Waals surface area contributed by atoms with Gasteiger partial charge < -0.3 is 10.7 Å². The molecule has 0 aliphatic heterocycles. The lowest BCUT2D eigenvalue weighted by Gasteiger charge is -2.19. The van der Waals surface area contributed by atoms with Crippen molar-refractivity contribution in [2.45, 2.75) is 11.1 Å². The second kappa shape index (κ2) is 5.63. The number of fused-ring (bicyclic) bond motifs is 1. The fraction of sp³-hybridized carbons (Fsp3) is 0.133. The van der Waals surface area contributed by atoms with Crippen molar-refractivity contribution in [1.29, 1.82) is 0 Å². The molecule has 120 valence electrons. The molecule has 2 heterocycles. The van der Waals surface area contributed by atoms with Crippen LogP contribution in [0.3, 0.4) is 0 Å². The van der Waals surface area contributed by atoms with Crippen molar-refractivity contribution in [3.8, 4) is 0 Å². The molecule has 0 saturated carbocycles. The van der Waals surface area contributed by atoms with Crippen LogP contribution in [0.1, 0.15) is 11.3 Å². The van der Waals surface area contributed by atoms with Crippen LogP contribution in [-0.2, 0) is 10.0 Å². The van der Waals surface area contributed by atoms with Crippen molar-refractivity contribution in [3.05, 3.63) is 47.0 Å². The number of hydrogen-bond donors (Lipinski definition) is 2. The number of thiocarbonyl (C=S) groups is 1. The molecule has 0 bridgehead atoms. The number of nitrogens with one attached hydrogen (secondary N) is 1. The van der Waals surface area contributed by atoms with Crippen molar-refractivity contribution < 1.29 is 8.42 Å². The average molecular weight is 366 g/mol. The molecular formula is C15H15N3O2S3. The molecule has 0 unspecified atom stereocenters. The minimum Gasteiger partial charge on any atom is -0.388 e. The highest BCUT2D eigenvalue weighted by molar-refractivity contribution is 7.94. The van der Waals surface area contributed by atoms with Crippen LogP contribution in [0.25, 0.3) is 10.9 Å². The highest BCUT2D eigenvalue weighted by Crippen LogP contribution is 2.33. The molecule has 1 aromatic carbocycles. The fourth-order valence-electron chi connectivity index (χ4n) is 2.52. The number of aryl methyl sites for hydroxylation is 1. The molecule has 0 amide bonds. The highest BCUT2D eigenvalue weighted by Gasteiger charge is 2.25. The fourth-order valence-corrected chi connectivity index (χ4v) is 5.09. The summed E-state index contributed by atoms with van der Waals surface area (Å²) in [5.41, 5.74) is 8.57. The number of aromatic nitrogens is 1. The number of nitrogens with two attached hydrogens (primary N) is 1. The molecule has 3 rings (SSSR count). The molecule has 5 nitrogen and oxygen atoms in total. The number of aromatic amines is 1. The van der Waals surface area contributed by atoms with Crippen LogP contribution in [-0.4, -0.2) is 25.4 Å². The first kappa shape index (κ1) is 16.0. The van der Waals surface area contributed by atoms with Crippen LogP contribution in [0.2, 0.25) is 0 Å². The maximum Gasteiger partial charge on any atom is 0.273 e. The van der Waals surface area contributed by atoms with Crippen LogP contribution >= 0.6 is 23.6 Å². The average Bonchev–Trinajstić information content (AvgIpc) is 3.15. The van der Waals surface area contributed by atoms with Gasteiger partial charge in [0.15, 0.2) is 0 Å². The van der Waals surface area contributed by atoms with Crippen LogP contribution in [0.5, 0.6) is 0 Å². The van der Waals surface area contributed by atoms with E-state index in [2.05, 4.69) is 4.98 Å². The van der Waals surface area contributed by atoms with E-state index in [1.807, 2.05) is 19.1 Å². The monoisotopic (exact) mass is 365 g/mol. The Kier molecular flexibility index (Phi) is 3.91. The van der Waals surface area contributed by atoms with Crippen LogP contribution in [0.15, 0.2) is 39.9 Å². The largest absolute Gasteiger partial charge is 0.388 e. The highest BCUT2D eigenvalue weighted by atomic mass is 32.2. The van der Waals surface area contributed by atoms with Crippen molar-refractivity contribution in [2.24, 2.45) is 5.73 Å². The van der Waals surface area contributed by atoms with Gasteiger partial charge in [0.25, 0.3) is 10.0 Å². The summed E-state index contributed by atoms with van der Waals surface area (Å²) in [6.07, 6.45) is 0. The third-order valence-corrected chi connectivity index (χ3v) is 7.12. The predicted molar refractivity (Wildman–Crippen MR) is 98.8 cm³/mol. The second-order valence-corrected chi connectivity index (χ2v) is 8.68. The number of thiophene rings is 1. The Morgan fingerprint density at radius 1 is 1.30 bits per heavy atom. The van der Waals surface area contributed by atoms with Crippen molar-refractivity contribution in [3.63, 3.8) is 0 Å². The number of nitrogens with zero attached hydrogens (tertiary/aromatic N) is 1. The summed E-state index contributed by atoms with van der Waals surface area (Å²) in [6, 6.07) is 8.81. The summed E-state index contributed by atoms with van der Waals surface area (Å²) >= 11 is 6.25. The van der Waals surface area contributed by atoms with Gasteiger partial charge in [0.1, 0.15) is 9.20 Å². The lowest BCUT2D eigenvalue weighted by Crippen LogP contribution is -2.26. The molecular weight excluding hydrogens is 350 g/mol. The minimum atomic E-state index is -3.60. The molecule has 2 aromatic heterocycles. The van der Waals surface area contributed by atoms with Gasteiger partial charge >= 0.3 is 0 Å². The molecule has 23 heavy (non-hydrogen) atoms. The first-order valence-corrected chi connectivity index (χ1v) is 9.50. The molecule has 8 heteroatoms. The van der Waals surface area contributed by atoms with E-state index in [9.17, 15) is 8.42 Å². The minimum absolute atomic E-state index is 0.258. The Morgan fingerprint density at radius 3 is 2.65 bits per heavy atom. The summed E-state index contributed by atoms with van der Waals surface area (Å²) in [5.74, 6) is 0. The lowest BCUT2D eigenvalue weighted by atomic mass is 10.1. The third kappa shape index (κ3) is 2.52. The van der Waals surface area contributed by atoms with E-state index in [4.69, 9.17) is 18.0 Å². The van der Waals surface area contributed by atoms with Crippen LogP contribution in [0.4, 0.5) is 5.69 Å². The van der Waals surface area contributed by atoms with Gasteiger partial charge in [-0.15, -0.1) is 11.3 Å². The molecule has 3 aromatic rings. The number of sulfonamides is 1. The second-order valence-electron chi connectivity index (χ2n) is 5.09. The Labute approximate surface area is 143 Å². The summed E-state index contributed by atoms with van der Waals surface area (Å²) in [7, 11) is -2.05. The van der Waals surface area contributed by atoms with E-state index < -0.39 is 10.0 Å². The van der Waals surface area contributed by atoms with Gasteiger partial charge in [-0.05, 0) is 30.0 Å². The number of rotatable bonds is 4. The Morgan fingerprint density at radius 2 is 2.04 bits per heavy atom. The van der Waals surface area contributed by atoms with Crippen molar-refractivity contribution in [1.82, 2.24) is 4.98 Å². The smallest absolute Gasteiger partial charge is 0.273 e. The number of para-hydroxylation sites is 1. The maximum atomic E-state index is 12.7. The quantitative estimate of drug-likeness (QED) is 0.697. The van der Waals surface area contributed by atoms with Gasteiger partial charge in [-0.1, -0.05) is 30.4 Å². The van der Waals surface area contributed by atoms with E-state index in [0.717, 1.165) is 10.9 Å². The van der Waals surface area contributed by atoms with Crippen LogP contribution in [0, 0.1) is 6.92 Å². The third-order valence-electron chi connectivity index (χ3n) is 3.77. The number of H-pyrrole nitrogens is 1. The van der Waals surface area contributed by atoms with Crippen molar-refractivity contribution >= 4 is 55.2 Å². The molecule has 0 atom stereocenters. The molecule has 3 N–H and O–H groups in total. The number of anilines is 1. The standard InChI is InChI=1S/C15H15N3O2S3/c1-9-10-5-3-6-11(14(10)17-13(9)15(16)21)18(2)23(19,20)12-7-4-8-22-12/h3-8,17H,1-2H3,(H2,16,21). The zero-order valence-electron chi connectivity index (χ0n) is 12.5. The normalized spacial score (nSPS) is 11.7. The van der Waals surface area contributed by atoms with E-state index in [-0.39, 0.29) is 4.99 Å². The van der Waals surface area contributed by atoms with Gasteiger partial charge in [0.05, 0.1) is 16.9 Å². The predicted octanol–water partition coefficient (Wildman–Crippen LogP) is 3.00. The summed E-state index contributed by atoms with van der Waals surface area (Å²) in [6.45, 7) is 1.91. The van der Waals surface area contributed by atoms with Crippen molar-refractivity contribution in [2.75, 3.05) is 11.4 Å². The topological polar surface area (TPSA) is 79.2 Å². The Balaban J connectivity index is 2.21. The molecule has 0 saturated heterocycles. The van der Waals surface area contributed by atoms with Gasteiger partial charge in [0.2, 0.25) is 0 Å². The van der Waals surface area contributed by atoms with E-state index in [1.165, 1.54) is 15.6 Å². The Hall–Kier alpha value is -1.90. The first-order valence-electron chi connectivity index (χ1n) is 6.77. The van der Waals surface area contributed by atoms with Gasteiger partial charge in [-0.2, -0.15) is 0 Å². The van der Waals surface area contributed by atoms with E-state index in [1.54, 1.807) is 30.6 Å². The SMILES string of the molecule is Cc1c(C(N)=S)[nH]c2c(N(C)S(=O)(=O)c3cccs3)cccc12. The molecule has 0 aliphatic rings. The lowest BCUT2D eigenvalue weighted by molar-refractivity contribution is 0.596. The van der Waals surface area contributed by atoms with E-state index in [0.29, 0.717) is 21.1 Å². The van der Waals surface area contributed by atoms with Gasteiger partial charge in [0, 0.05) is 12.4 Å².